The second-order valence-electron chi connectivity index (χ2n) is 3.14. The predicted molar refractivity (Wildman–Crippen MR) is 45.0 cm³/mol. The van der Waals surface area contributed by atoms with E-state index < -0.39 is 0 Å². The van der Waals surface area contributed by atoms with Gasteiger partial charge in [-0.25, -0.2) is 0 Å². The van der Waals surface area contributed by atoms with Crippen molar-refractivity contribution in [2.75, 3.05) is 0 Å². The van der Waals surface area contributed by atoms with Gasteiger partial charge >= 0.3 is 0 Å². The molecule has 1 aliphatic rings. The Morgan fingerprint density at radius 2 is 1.78 bits per heavy atom. The molecule has 0 aromatic carbocycles. The Balaban J connectivity index is 2.23. The Morgan fingerprint density at radius 3 is 2.11 bits per heavy atom. The zero-order valence-electron chi connectivity index (χ0n) is 6.14. The molecule has 0 aliphatic heterocycles. The molecule has 0 amide bonds. The van der Waals surface area contributed by atoms with Crippen LogP contribution in [0.25, 0.3) is 0 Å². The van der Waals surface area contributed by atoms with Crippen molar-refractivity contribution in [3.8, 4) is 0 Å². The van der Waals surface area contributed by atoms with Gasteiger partial charge < -0.3 is 0 Å². The van der Waals surface area contributed by atoms with E-state index in [0.717, 1.165) is 5.92 Å². The van der Waals surface area contributed by atoms with Crippen LogP contribution in [0, 0.1) is 5.92 Å². The molecule has 0 unspecified atom stereocenters. The Hall–Kier alpha value is 0.350. The molecule has 1 saturated carbocycles. The molecule has 1 aliphatic carbocycles. The molecule has 9 heavy (non-hydrogen) atoms. The van der Waals surface area contributed by atoms with Gasteiger partial charge in [-0.15, -0.1) is 0 Å². The molecule has 1 rings (SSSR count). The van der Waals surface area contributed by atoms with Gasteiger partial charge in [0.15, 0.2) is 0 Å². The van der Waals surface area contributed by atoms with Crippen molar-refractivity contribution in [3.05, 3.63) is 0 Å². The van der Waals surface area contributed by atoms with E-state index in [9.17, 15) is 0 Å². The van der Waals surface area contributed by atoms with Crippen LogP contribution in [-0.4, -0.2) is 5.25 Å². The summed E-state index contributed by atoms with van der Waals surface area (Å²) in [6.45, 7) is 2.22. The van der Waals surface area contributed by atoms with Gasteiger partial charge in [0, 0.05) is 5.25 Å². The molecular weight excluding hydrogens is 128 g/mol. The Morgan fingerprint density at radius 1 is 1.22 bits per heavy atom. The molecule has 0 aromatic heterocycles. The average Bonchev–Trinajstić information content (AvgIpc) is 1.90. The Kier molecular flexibility index (Phi) is 2.90. The average molecular weight is 144 g/mol. The van der Waals surface area contributed by atoms with Crippen molar-refractivity contribution in [1.29, 1.82) is 0 Å². The van der Waals surface area contributed by atoms with Crippen LogP contribution in [0.3, 0.4) is 0 Å². The molecule has 0 heterocycles. The van der Waals surface area contributed by atoms with Crippen LogP contribution in [0.1, 0.15) is 39.0 Å². The third-order valence-corrected chi connectivity index (χ3v) is 2.75. The van der Waals surface area contributed by atoms with E-state index in [1.54, 1.807) is 0 Å². The lowest BCUT2D eigenvalue weighted by Crippen LogP contribution is -2.14. The van der Waals surface area contributed by atoms with Gasteiger partial charge in [0.05, 0.1) is 0 Å². The van der Waals surface area contributed by atoms with E-state index in [-0.39, 0.29) is 0 Å². The van der Waals surface area contributed by atoms with Crippen molar-refractivity contribution >= 4 is 12.6 Å². The summed E-state index contributed by atoms with van der Waals surface area (Å²) in [7, 11) is 0. The standard InChI is InChI=1S/C8H16S/c1-7(9)8-5-3-2-4-6-8/h7-9H,2-6H2,1H3/t7-/m1/s1. The highest BCUT2D eigenvalue weighted by molar-refractivity contribution is 7.80. The summed E-state index contributed by atoms with van der Waals surface area (Å²) < 4.78 is 0. The number of rotatable bonds is 1. The van der Waals surface area contributed by atoms with E-state index in [4.69, 9.17) is 0 Å². The molecule has 0 nitrogen and oxygen atoms in total. The topological polar surface area (TPSA) is 0 Å². The highest BCUT2D eigenvalue weighted by Crippen LogP contribution is 2.28. The second kappa shape index (κ2) is 3.50. The summed E-state index contributed by atoms with van der Waals surface area (Å²) in [6, 6.07) is 0. The SMILES string of the molecule is C[C@@H](S)C1CCCCC1. The fourth-order valence-corrected chi connectivity index (χ4v) is 1.91. The predicted octanol–water partition coefficient (Wildman–Crippen LogP) is 2.89. The van der Waals surface area contributed by atoms with E-state index in [1.165, 1.54) is 32.1 Å². The lowest BCUT2D eigenvalue weighted by molar-refractivity contribution is 0.358. The summed E-state index contributed by atoms with van der Waals surface area (Å²) in [4.78, 5) is 0. The minimum atomic E-state index is 0.630. The van der Waals surface area contributed by atoms with Gasteiger partial charge in [-0.3, -0.25) is 0 Å². The van der Waals surface area contributed by atoms with Crippen molar-refractivity contribution < 1.29 is 0 Å². The smallest absolute Gasteiger partial charge is 0.00167 e. The largest absolute Gasteiger partial charge is 0.176 e. The summed E-state index contributed by atoms with van der Waals surface area (Å²) in [5.41, 5.74) is 0. The van der Waals surface area contributed by atoms with Crippen LogP contribution in [0.4, 0.5) is 0 Å². The molecule has 1 fully saturated rings. The zero-order chi connectivity index (χ0) is 6.69. The van der Waals surface area contributed by atoms with Crippen molar-refractivity contribution in [2.45, 2.75) is 44.3 Å². The van der Waals surface area contributed by atoms with Gasteiger partial charge in [0.25, 0.3) is 0 Å². The Labute approximate surface area is 63.4 Å². The van der Waals surface area contributed by atoms with Crippen LogP contribution in [-0.2, 0) is 0 Å². The molecule has 1 atom stereocenters. The van der Waals surface area contributed by atoms with Crippen molar-refractivity contribution in [2.24, 2.45) is 5.92 Å². The molecule has 0 bridgehead atoms. The maximum atomic E-state index is 4.44. The third-order valence-electron chi connectivity index (χ3n) is 2.33. The summed E-state index contributed by atoms with van der Waals surface area (Å²) >= 11 is 4.44. The first kappa shape index (κ1) is 7.46. The fourth-order valence-electron chi connectivity index (χ4n) is 1.62. The quantitative estimate of drug-likeness (QED) is 0.537. The highest BCUT2D eigenvalue weighted by Gasteiger charge is 2.16. The minimum absolute atomic E-state index is 0.630. The zero-order valence-corrected chi connectivity index (χ0v) is 7.03. The molecule has 0 saturated heterocycles. The van der Waals surface area contributed by atoms with E-state index in [2.05, 4.69) is 19.6 Å². The van der Waals surface area contributed by atoms with Crippen LogP contribution in [0.5, 0.6) is 0 Å². The maximum absolute atomic E-state index is 4.44. The second-order valence-corrected chi connectivity index (χ2v) is 3.95. The summed E-state index contributed by atoms with van der Waals surface area (Å²) in [6.07, 6.45) is 7.18. The van der Waals surface area contributed by atoms with Crippen LogP contribution in [0.15, 0.2) is 0 Å². The molecule has 54 valence electrons. The molecule has 1 heteroatoms. The molecule has 0 spiro atoms. The lowest BCUT2D eigenvalue weighted by Gasteiger charge is -2.23. The molecule has 0 radical (unpaired) electrons. The monoisotopic (exact) mass is 144 g/mol. The highest BCUT2D eigenvalue weighted by atomic mass is 32.1. The lowest BCUT2D eigenvalue weighted by atomic mass is 9.87. The first-order chi connectivity index (χ1) is 4.30. The van der Waals surface area contributed by atoms with Crippen molar-refractivity contribution in [1.82, 2.24) is 0 Å². The van der Waals surface area contributed by atoms with Crippen LogP contribution in [0.2, 0.25) is 0 Å². The number of hydrogen-bond acceptors (Lipinski definition) is 1. The Bertz CT molecular complexity index is 72.6. The van der Waals surface area contributed by atoms with Crippen LogP contribution < -0.4 is 0 Å². The van der Waals surface area contributed by atoms with Crippen molar-refractivity contribution in [3.63, 3.8) is 0 Å². The fraction of sp³-hybridized carbons (Fsp3) is 1.00. The maximum Gasteiger partial charge on any atom is 0.00167 e. The molecular formula is C8H16S. The van der Waals surface area contributed by atoms with E-state index in [0.29, 0.717) is 5.25 Å². The third kappa shape index (κ3) is 2.21. The normalized spacial score (nSPS) is 26.0. The van der Waals surface area contributed by atoms with Gasteiger partial charge in [0.2, 0.25) is 0 Å². The summed E-state index contributed by atoms with van der Waals surface area (Å²) in [5.74, 6) is 0.919. The first-order valence-electron chi connectivity index (χ1n) is 3.99. The number of hydrogen-bond donors (Lipinski definition) is 1. The van der Waals surface area contributed by atoms with Crippen LogP contribution >= 0.6 is 12.6 Å². The first-order valence-corrected chi connectivity index (χ1v) is 4.50. The van der Waals surface area contributed by atoms with Gasteiger partial charge in [-0.1, -0.05) is 26.2 Å². The molecule has 0 aromatic rings. The minimum Gasteiger partial charge on any atom is -0.176 e. The van der Waals surface area contributed by atoms with E-state index in [1.807, 2.05) is 0 Å². The van der Waals surface area contributed by atoms with Gasteiger partial charge in [-0.2, -0.15) is 12.6 Å². The number of thiol groups is 1. The molecule has 0 N–H and O–H groups in total. The van der Waals surface area contributed by atoms with E-state index >= 15 is 0 Å². The summed E-state index contributed by atoms with van der Waals surface area (Å²) in [5, 5.41) is 0.630. The van der Waals surface area contributed by atoms with Gasteiger partial charge in [-0.05, 0) is 18.8 Å². The van der Waals surface area contributed by atoms with Gasteiger partial charge in [0.1, 0.15) is 0 Å².